The summed E-state index contributed by atoms with van der Waals surface area (Å²) in [5.74, 6) is 0.566. The van der Waals surface area contributed by atoms with Crippen LogP contribution in [-0.4, -0.2) is 51.0 Å². The fourth-order valence-corrected chi connectivity index (χ4v) is 4.25. The minimum atomic E-state index is -3.46. The Morgan fingerprint density at radius 1 is 1.35 bits per heavy atom. The van der Waals surface area contributed by atoms with E-state index >= 15 is 0 Å². The standard InChI is InChI=1S/C15H26N4O3S/c20-23(21,18-7-3-13-2-1-6-16-10-13)15-11-17-19(12-15)14-4-8-22-9-5-14/h11-14,16,18H,1-10H2. The van der Waals surface area contributed by atoms with Gasteiger partial charge in [-0.15, -0.1) is 0 Å². The molecule has 8 heteroatoms. The Balaban J connectivity index is 1.53. The van der Waals surface area contributed by atoms with E-state index in [1.807, 2.05) is 0 Å². The maximum atomic E-state index is 12.4. The summed E-state index contributed by atoms with van der Waals surface area (Å²) >= 11 is 0. The van der Waals surface area contributed by atoms with Crippen molar-refractivity contribution in [3.63, 3.8) is 0 Å². The Morgan fingerprint density at radius 2 is 2.17 bits per heavy atom. The van der Waals surface area contributed by atoms with Crippen molar-refractivity contribution in [2.75, 3.05) is 32.8 Å². The Kier molecular flexibility index (Phi) is 5.68. The topological polar surface area (TPSA) is 85.3 Å². The van der Waals surface area contributed by atoms with Gasteiger partial charge in [-0.25, -0.2) is 13.1 Å². The first-order valence-corrected chi connectivity index (χ1v) is 9.96. The van der Waals surface area contributed by atoms with E-state index in [-0.39, 0.29) is 10.9 Å². The summed E-state index contributed by atoms with van der Waals surface area (Å²) in [6.45, 7) is 3.97. The Morgan fingerprint density at radius 3 is 2.91 bits per heavy atom. The summed E-state index contributed by atoms with van der Waals surface area (Å²) in [6, 6.07) is 0.237. The van der Waals surface area contributed by atoms with Gasteiger partial charge in [0.1, 0.15) is 4.90 Å². The highest BCUT2D eigenvalue weighted by atomic mass is 32.2. The van der Waals surface area contributed by atoms with Crippen LogP contribution in [0.3, 0.4) is 0 Å². The van der Waals surface area contributed by atoms with E-state index in [0.717, 1.165) is 32.4 Å². The second kappa shape index (κ2) is 7.74. The average molecular weight is 342 g/mol. The molecule has 1 aromatic rings. The van der Waals surface area contributed by atoms with E-state index in [4.69, 9.17) is 4.74 Å². The third kappa shape index (κ3) is 4.53. The summed E-state index contributed by atoms with van der Waals surface area (Å²) < 4.78 is 34.5. The fraction of sp³-hybridized carbons (Fsp3) is 0.800. The number of aromatic nitrogens is 2. The van der Waals surface area contributed by atoms with Crippen LogP contribution in [0.1, 0.15) is 38.1 Å². The summed E-state index contributed by atoms with van der Waals surface area (Å²) in [5, 5.41) is 7.59. The molecule has 1 aromatic heterocycles. The van der Waals surface area contributed by atoms with Crippen LogP contribution in [-0.2, 0) is 14.8 Å². The maximum Gasteiger partial charge on any atom is 0.243 e. The number of rotatable bonds is 6. The molecule has 2 fully saturated rings. The quantitative estimate of drug-likeness (QED) is 0.802. The molecule has 3 heterocycles. The Hall–Kier alpha value is -0.960. The lowest BCUT2D eigenvalue weighted by Gasteiger charge is -2.22. The van der Waals surface area contributed by atoms with Crippen molar-refractivity contribution >= 4 is 10.0 Å². The average Bonchev–Trinajstić information content (AvgIpc) is 3.07. The summed E-state index contributed by atoms with van der Waals surface area (Å²) in [5.41, 5.74) is 0. The molecule has 2 N–H and O–H groups in total. The van der Waals surface area contributed by atoms with Crippen LogP contribution in [0, 0.1) is 5.92 Å². The van der Waals surface area contributed by atoms with Gasteiger partial charge in [-0.1, -0.05) is 0 Å². The van der Waals surface area contributed by atoms with Crippen molar-refractivity contribution in [2.45, 2.75) is 43.0 Å². The second-order valence-corrected chi connectivity index (χ2v) is 8.17. The highest BCUT2D eigenvalue weighted by Gasteiger charge is 2.21. The van der Waals surface area contributed by atoms with Crippen LogP contribution in [0.2, 0.25) is 0 Å². The van der Waals surface area contributed by atoms with Crippen molar-refractivity contribution in [1.82, 2.24) is 19.8 Å². The van der Waals surface area contributed by atoms with Gasteiger partial charge in [0, 0.05) is 26.0 Å². The smallest absolute Gasteiger partial charge is 0.243 e. The zero-order chi connectivity index (χ0) is 16.1. The van der Waals surface area contributed by atoms with E-state index in [2.05, 4.69) is 15.1 Å². The first kappa shape index (κ1) is 16.9. The summed E-state index contributed by atoms with van der Waals surface area (Å²) in [6.07, 6.45) is 8.07. The number of sulfonamides is 1. The number of nitrogens with one attached hydrogen (secondary N) is 2. The van der Waals surface area contributed by atoms with E-state index in [1.165, 1.54) is 19.0 Å². The van der Waals surface area contributed by atoms with E-state index < -0.39 is 10.0 Å². The maximum absolute atomic E-state index is 12.4. The van der Waals surface area contributed by atoms with Crippen LogP contribution < -0.4 is 10.0 Å². The second-order valence-electron chi connectivity index (χ2n) is 6.40. The SMILES string of the molecule is O=S(=O)(NCCC1CCCNC1)c1cnn(C2CCOCC2)c1. The van der Waals surface area contributed by atoms with Gasteiger partial charge in [0.2, 0.25) is 10.0 Å². The van der Waals surface area contributed by atoms with Gasteiger partial charge in [-0.2, -0.15) is 5.10 Å². The van der Waals surface area contributed by atoms with E-state index in [0.29, 0.717) is 25.7 Å². The van der Waals surface area contributed by atoms with Crippen molar-refractivity contribution in [3.8, 4) is 0 Å². The van der Waals surface area contributed by atoms with Gasteiger partial charge >= 0.3 is 0 Å². The molecule has 0 saturated carbocycles. The lowest BCUT2D eigenvalue weighted by Crippen LogP contribution is -2.33. The Labute approximate surface area is 137 Å². The molecule has 7 nitrogen and oxygen atoms in total. The van der Waals surface area contributed by atoms with Gasteiger partial charge in [0.05, 0.1) is 12.2 Å². The highest BCUT2D eigenvalue weighted by molar-refractivity contribution is 7.89. The molecule has 2 saturated heterocycles. The largest absolute Gasteiger partial charge is 0.381 e. The molecule has 2 aliphatic heterocycles. The van der Waals surface area contributed by atoms with Gasteiger partial charge < -0.3 is 10.1 Å². The monoisotopic (exact) mass is 342 g/mol. The molecule has 1 unspecified atom stereocenters. The molecule has 0 aromatic carbocycles. The fourth-order valence-electron chi connectivity index (χ4n) is 3.26. The van der Waals surface area contributed by atoms with Crippen molar-refractivity contribution < 1.29 is 13.2 Å². The molecule has 1 atom stereocenters. The van der Waals surface area contributed by atoms with Crippen LogP contribution >= 0.6 is 0 Å². The minimum Gasteiger partial charge on any atom is -0.381 e. The van der Waals surface area contributed by atoms with Gasteiger partial charge in [0.15, 0.2) is 0 Å². The zero-order valence-electron chi connectivity index (χ0n) is 13.4. The molecular weight excluding hydrogens is 316 g/mol. The van der Waals surface area contributed by atoms with Gasteiger partial charge in [-0.3, -0.25) is 4.68 Å². The van der Waals surface area contributed by atoms with Crippen LogP contribution in [0.4, 0.5) is 0 Å². The molecule has 2 aliphatic rings. The predicted molar refractivity (Wildman–Crippen MR) is 86.7 cm³/mol. The molecule has 0 radical (unpaired) electrons. The third-order valence-electron chi connectivity index (χ3n) is 4.70. The molecule has 23 heavy (non-hydrogen) atoms. The normalized spacial score (nSPS) is 23.9. The predicted octanol–water partition coefficient (Wildman–Crippen LogP) is 0.903. The number of ether oxygens (including phenoxy) is 1. The number of hydrogen-bond acceptors (Lipinski definition) is 5. The van der Waals surface area contributed by atoms with Gasteiger partial charge in [0.25, 0.3) is 0 Å². The van der Waals surface area contributed by atoms with Gasteiger partial charge in [-0.05, 0) is 51.1 Å². The summed E-state index contributed by atoms with van der Waals surface area (Å²) in [4.78, 5) is 0.255. The molecular formula is C15H26N4O3S. The summed E-state index contributed by atoms with van der Waals surface area (Å²) in [7, 11) is -3.46. The van der Waals surface area contributed by atoms with Crippen LogP contribution in [0.25, 0.3) is 0 Å². The van der Waals surface area contributed by atoms with Crippen LogP contribution in [0.15, 0.2) is 17.3 Å². The van der Waals surface area contributed by atoms with Crippen molar-refractivity contribution in [3.05, 3.63) is 12.4 Å². The first-order chi connectivity index (χ1) is 11.1. The molecule has 0 spiro atoms. The number of hydrogen-bond donors (Lipinski definition) is 2. The third-order valence-corrected chi connectivity index (χ3v) is 6.11. The van der Waals surface area contributed by atoms with Crippen molar-refractivity contribution in [1.29, 1.82) is 0 Å². The number of nitrogens with zero attached hydrogens (tertiary/aromatic N) is 2. The molecule has 130 valence electrons. The number of piperidine rings is 1. The van der Waals surface area contributed by atoms with E-state index in [9.17, 15) is 8.42 Å². The molecule has 0 bridgehead atoms. The highest BCUT2D eigenvalue weighted by Crippen LogP contribution is 2.21. The lowest BCUT2D eigenvalue weighted by atomic mass is 9.96. The Bertz CT molecular complexity index is 590. The minimum absolute atomic E-state index is 0.237. The lowest BCUT2D eigenvalue weighted by molar-refractivity contribution is 0.0662. The molecule has 0 amide bonds. The molecule has 3 rings (SSSR count). The van der Waals surface area contributed by atoms with Crippen LogP contribution in [0.5, 0.6) is 0 Å². The zero-order valence-corrected chi connectivity index (χ0v) is 14.2. The molecule has 0 aliphatic carbocycles. The van der Waals surface area contributed by atoms with Crippen molar-refractivity contribution in [2.24, 2.45) is 5.92 Å². The first-order valence-electron chi connectivity index (χ1n) is 8.47. The van der Waals surface area contributed by atoms with E-state index in [1.54, 1.807) is 10.9 Å².